The van der Waals surface area contributed by atoms with Crippen LogP contribution in [0.1, 0.15) is 53.9 Å². The summed E-state index contributed by atoms with van der Waals surface area (Å²) in [4.78, 5) is 12.0. The molecule has 108 valence electrons. The van der Waals surface area contributed by atoms with Gasteiger partial charge < -0.3 is 16.2 Å². The zero-order chi connectivity index (χ0) is 14.4. The molecule has 4 nitrogen and oxygen atoms in total. The van der Waals surface area contributed by atoms with Gasteiger partial charge in [-0.05, 0) is 24.7 Å². The molecule has 0 spiro atoms. The van der Waals surface area contributed by atoms with Gasteiger partial charge >= 0.3 is 0 Å². The van der Waals surface area contributed by atoms with E-state index in [-0.39, 0.29) is 17.2 Å². The molecule has 4 heteroatoms. The molecule has 0 radical (unpaired) electrons. The second kappa shape index (κ2) is 7.10. The van der Waals surface area contributed by atoms with Gasteiger partial charge in [-0.2, -0.15) is 0 Å². The molecule has 0 aliphatic rings. The Morgan fingerprint density at radius 1 is 1.28 bits per heavy atom. The average Bonchev–Trinajstić information content (AvgIpc) is 2.31. The number of amides is 1. The molecule has 0 saturated heterocycles. The van der Waals surface area contributed by atoms with E-state index in [0.29, 0.717) is 25.9 Å². The van der Waals surface area contributed by atoms with Crippen molar-refractivity contribution in [1.29, 1.82) is 0 Å². The summed E-state index contributed by atoms with van der Waals surface area (Å²) < 4.78 is 0. The molecule has 0 aromatic carbocycles. The Morgan fingerprint density at radius 2 is 1.78 bits per heavy atom. The van der Waals surface area contributed by atoms with E-state index in [1.165, 1.54) is 0 Å². The smallest absolute Gasteiger partial charge is 0.224 e. The second-order valence-electron chi connectivity index (χ2n) is 6.35. The highest BCUT2D eigenvalue weighted by Gasteiger charge is 2.27. The van der Waals surface area contributed by atoms with Crippen LogP contribution in [0.2, 0.25) is 0 Å². The minimum absolute atomic E-state index is 0.0484. The van der Waals surface area contributed by atoms with Gasteiger partial charge in [0.15, 0.2) is 0 Å². The van der Waals surface area contributed by atoms with Crippen molar-refractivity contribution in [3.8, 4) is 0 Å². The summed E-state index contributed by atoms with van der Waals surface area (Å²) in [6.45, 7) is 10.8. The number of hydrogen-bond donors (Lipinski definition) is 3. The third kappa shape index (κ3) is 6.36. The number of nitrogens with one attached hydrogen (secondary N) is 1. The lowest BCUT2D eigenvalue weighted by Gasteiger charge is -2.28. The molecular formula is C14H30N2O2. The van der Waals surface area contributed by atoms with Gasteiger partial charge in [-0.3, -0.25) is 4.79 Å². The van der Waals surface area contributed by atoms with Crippen LogP contribution in [0, 0.1) is 11.3 Å². The maximum absolute atomic E-state index is 12.0. The minimum Gasteiger partial charge on any atom is -0.388 e. The summed E-state index contributed by atoms with van der Waals surface area (Å²) in [6, 6.07) is 0. The number of hydrogen-bond acceptors (Lipinski definition) is 3. The van der Waals surface area contributed by atoms with Crippen molar-refractivity contribution in [2.24, 2.45) is 17.1 Å². The monoisotopic (exact) mass is 258 g/mol. The van der Waals surface area contributed by atoms with E-state index in [1.54, 1.807) is 0 Å². The van der Waals surface area contributed by atoms with Gasteiger partial charge in [0.2, 0.25) is 5.91 Å². The van der Waals surface area contributed by atoms with Gasteiger partial charge in [-0.1, -0.05) is 34.6 Å². The Bertz CT molecular complexity index is 255. The van der Waals surface area contributed by atoms with Crippen LogP contribution in [0.15, 0.2) is 0 Å². The molecule has 0 aliphatic carbocycles. The van der Waals surface area contributed by atoms with Crippen molar-refractivity contribution in [2.75, 3.05) is 13.1 Å². The van der Waals surface area contributed by atoms with E-state index in [2.05, 4.69) is 26.1 Å². The molecule has 0 bridgehead atoms. The second-order valence-corrected chi connectivity index (χ2v) is 6.35. The largest absolute Gasteiger partial charge is 0.388 e. The Labute approximate surface area is 111 Å². The fourth-order valence-electron chi connectivity index (χ4n) is 1.92. The number of carbonyl (C=O) groups excluding carboxylic acids is 1. The standard InChI is InChI=1S/C14H30N2O2/c1-6-14(18,7-2)10-16-12(17)11(9-15)8-13(3,4)5/h11,18H,6-10,15H2,1-5H3,(H,16,17). The Morgan fingerprint density at radius 3 is 2.11 bits per heavy atom. The van der Waals surface area contributed by atoms with Gasteiger partial charge in [-0.25, -0.2) is 0 Å². The molecule has 0 fully saturated rings. The third-order valence-electron chi connectivity index (χ3n) is 3.42. The normalized spacial score (nSPS) is 14.4. The first-order valence-electron chi connectivity index (χ1n) is 6.87. The van der Waals surface area contributed by atoms with E-state index < -0.39 is 5.60 Å². The molecule has 18 heavy (non-hydrogen) atoms. The van der Waals surface area contributed by atoms with Crippen molar-refractivity contribution < 1.29 is 9.90 Å². The molecule has 0 aromatic rings. The average molecular weight is 258 g/mol. The summed E-state index contributed by atoms with van der Waals surface area (Å²) in [7, 11) is 0. The first-order chi connectivity index (χ1) is 8.17. The molecule has 0 rings (SSSR count). The van der Waals surface area contributed by atoms with Crippen molar-refractivity contribution in [1.82, 2.24) is 5.32 Å². The summed E-state index contributed by atoms with van der Waals surface area (Å²) in [5.74, 6) is -0.226. The van der Waals surface area contributed by atoms with Crippen LogP contribution >= 0.6 is 0 Å². The van der Waals surface area contributed by atoms with E-state index in [1.807, 2.05) is 13.8 Å². The molecule has 1 unspecified atom stereocenters. The van der Waals surface area contributed by atoms with Crippen LogP contribution < -0.4 is 11.1 Å². The highest BCUT2D eigenvalue weighted by molar-refractivity contribution is 5.79. The minimum atomic E-state index is -0.795. The third-order valence-corrected chi connectivity index (χ3v) is 3.42. The van der Waals surface area contributed by atoms with Crippen molar-refractivity contribution in [2.45, 2.75) is 59.5 Å². The molecule has 1 amide bonds. The summed E-state index contributed by atoms with van der Waals surface area (Å²) >= 11 is 0. The molecule has 1 atom stereocenters. The SMILES string of the molecule is CCC(O)(CC)CNC(=O)C(CN)CC(C)(C)C. The maximum atomic E-state index is 12.0. The van der Waals surface area contributed by atoms with Gasteiger partial charge in [0.05, 0.1) is 11.5 Å². The van der Waals surface area contributed by atoms with Crippen LogP contribution in [-0.4, -0.2) is 29.7 Å². The highest BCUT2D eigenvalue weighted by atomic mass is 16.3. The molecule has 0 aromatic heterocycles. The summed E-state index contributed by atoms with van der Waals surface area (Å²) in [6.07, 6.45) is 2.03. The number of nitrogens with two attached hydrogens (primary N) is 1. The fraction of sp³-hybridized carbons (Fsp3) is 0.929. The molecule has 4 N–H and O–H groups in total. The number of rotatable bonds is 7. The highest BCUT2D eigenvalue weighted by Crippen LogP contribution is 2.24. The van der Waals surface area contributed by atoms with Crippen LogP contribution in [0.25, 0.3) is 0 Å². The maximum Gasteiger partial charge on any atom is 0.224 e. The Balaban J connectivity index is 4.37. The predicted molar refractivity (Wildman–Crippen MR) is 75.2 cm³/mol. The first-order valence-corrected chi connectivity index (χ1v) is 6.87. The quantitative estimate of drug-likeness (QED) is 0.650. The zero-order valence-electron chi connectivity index (χ0n) is 12.5. The van der Waals surface area contributed by atoms with E-state index in [4.69, 9.17) is 5.73 Å². The van der Waals surface area contributed by atoms with Crippen molar-refractivity contribution in [3.05, 3.63) is 0 Å². The summed E-state index contributed by atoms with van der Waals surface area (Å²) in [5, 5.41) is 12.9. The number of carbonyl (C=O) groups is 1. The molecular weight excluding hydrogens is 228 g/mol. The van der Waals surface area contributed by atoms with Crippen molar-refractivity contribution >= 4 is 5.91 Å². The van der Waals surface area contributed by atoms with E-state index in [9.17, 15) is 9.90 Å². The van der Waals surface area contributed by atoms with E-state index in [0.717, 1.165) is 6.42 Å². The van der Waals surface area contributed by atoms with Crippen LogP contribution in [0.5, 0.6) is 0 Å². The predicted octanol–water partition coefficient (Wildman–Crippen LogP) is 1.66. The van der Waals surface area contributed by atoms with Gasteiger partial charge in [0.1, 0.15) is 0 Å². The number of aliphatic hydroxyl groups is 1. The van der Waals surface area contributed by atoms with Crippen LogP contribution in [0.4, 0.5) is 0 Å². The molecule has 0 aliphatic heterocycles. The Hall–Kier alpha value is -0.610. The topological polar surface area (TPSA) is 75.3 Å². The first kappa shape index (κ1) is 17.4. The Kier molecular flexibility index (Phi) is 6.86. The zero-order valence-corrected chi connectivity index (χ0v) is 12.5. The molecule has 0 heterocycles. The van der Waals surface area contributed by atoms with Gasteiger partial charge in [0.25, 0.3) is 0 Å². The van der Waals surface area contributed by atoms with Crippen molar-refractivity contribution in [3.63, 3.8) is 0 Å². The lowest BCUT2D eigenvalue weighted by Crippen LogP contribution is -2.45. The van der Waals surface area contributed by atoms with Crippen LogP contribution in [0.3, 0.4) is 0 Å². The van der Waals surface area contributed by atoms with Gasteiger partial charge in [-0.15, -0.1) is 0 Å². The lowest BCUT2D eigenvalue weighted by molar-refractivity contribution is -0.127. The summed E-state index contributed by atoms with van der Waals surface area (Å²) in [5.41, 5.74) is 4.94. The lowest BCUT2D eigenvalue weighted by atomic mass is 9.84. The van der Waals surface area contributed by atoms with Gasteiger partial charge in [0, 0.05) is 13.1 Å². The fourth-order valence-corrected chi connectivity index (χ4v) is 1.92. The van der Waals surface area contributed by atoms with Crippen LogP contribution in [-0.2, 0) is 4.79 Å². The van der Waals surface area contributed by atoms with E-state index >= 15 is 0 Å². The molecule has 0 saturated carbocycles.